The SMILES string of the molecule is CCCCC(O)CN1CCc2nc(Cc3ccccc3C)[nH]c(=O)c2C1. The molecule has 1 aliphatic rings. The Labute approximate surface area is 155 Å². The summed E-state index contributed by atoms with van der Waals surface area (Å²) < 4.78 is 0. The zero-order chi connectivity index (χ0) is 18.5. The van der Waals surface area contributed by atoms with Gasteiger partial charge in [0, 0.05) is 32.5 Å². The van der Waals surface area contributed by atoms with E-state index in [0.29, 0.717) is 19.5 Å². The normalized spacial score (nSPS) is 15.7. The van der Waals surface area contributed by atoms with Gasteiger partial charge in [0.05, 0.1) is 17.4 Å². The van der Waals surface area contributed by atoms with Crippen molar-refractivity contribution in [3.8, 4) is 0 Å². The molecule has 1 aliphatic heterocycles. The van der Waals surface area contributed by atoms with Gasteiger partial charge in [0.2, 0.25) is 0 Å². The third kappa shape index (κ3) is 4.59. The summed E-state index contributed by atoms with van der Waals surface area (Å²) in [7, 11) is 0. The summed E-state index contributed by atoms with van der Waals surface area (Å²) in [6, 6.07) is 8.19. The molecule has 2 N–H and O–H groups in total. The molecule has 0 spiro atoms. The number of hydrogen-bond acceptors (Lipinski definition) is 4. The van der Waals surface area contributed by atoms with E-state index in [9.17, 15) is 9.90 Å². The van der Waals surface area contributed by atoms with Crippen molar-refractivity contribution in [3.63, 3.8) is 0 Å². The van der Waals surface area contributed by atoms with Crippen molar-refractivity contribution in [2.45, 2.75) is 58.6 Å². The van der Waals surface area contributed by atoms with Crippen LogP contribution in [-0.4, -0.2) is 39.2 Å². The number of β-amino-alcohol motifs (C(OH)–C–C–N with tert-alkyl or cyclic N) is 1. The average Bonchev–Trinajstić information content (AvgIpc) is 2.62. The highest BCUT2D eigenvalue weighted by molar-refractivity contribution is 5.29. The van der Waals surface area contributed by atoms with E-state index in [0.717, 1.165) is 49.3 Å². The molecular weight excluding hydrogens is 326 g/mol. The lowest BCUT2D eigenvalue weighted by Crippen LogP contribution is -2.40. The molecule has 2 heterocycles. The highest BCUT2D eigenvalue weighted by atomic mass is 16.3. The van der Waals surface area contributed by atoms with E-state index >= 15 is 0 Å². The van der Waals surface area contributed by atoms with Gasteiger partial charge in [-0.3, -0.25) is 9.69 Å². The Balaban J connectivity index is 1.71. The zero-order valence-electron chi connectivity index (χ0n) is 15.8. The van der Waals surface area contributed by atoms with Crippen LogP contribution in [0, 0.1) is 6.92 Å². The van der Waals surface area contributed by atoms with Crippen LogP contribution >= 0.6 is 0 Å². The van der Waals surface area contributed by atoms with Gasteiger partial charge in [0.15, 0.2) is 0 Å². The van der Waals surface area contributed by atoms with Gasteiger partial charge < -0.3 is 10.1 Å². The molecule has 0 fully saturated rings. The summed E-state index contributed by atoms with van der Waals surface area (Å²) in [6.07, 6.45) is 4.05. The Bertz CT molecular complexity index is 800. The lowest BCUT2D eigenvalue weighted by molar-refractivity contribution is 0.0960. The van der Waals surface area contributed by atoms with Crippen LogP contribution in [-0.2, 0) is 19.4 Å². The molecule has 1 unspecified atom stereocenters. The maximum atomic E-state index is 12.6. The number of aryl methyl sites for hydroxylation is 1. The van der Waals surface area contributed by atoms with E-state index in [1.54, 1.807) is 0 Å². The number of nitrogens with zero attached hydrogens (tertiary/aromatic N) is 2. The van der Waals surface area contributed by atoms with Crippen molar-refractivity contribution < 1.29 is 5.11 Å². The first-order chi connectivity index (χ1) is 12.6. The Hall–Kier alpha value is -1.98. The minimum atomic E-state index is -0.316. The van der Waals surface area contributed by atoms with E-state index < -0.39 is 0 Å². The van der Waals surface area contributed by atoms with Gasteiger partial charge in [-0.2, -0.15) is 0 Å². The summed E-state index contributed by atoms with van der Waals surface area (Å²) in [6.45, 7) is 6.25. The van der Waals surface area contributed by atoms with Gasteiger partial charge in [-0.1, -0.05) is 44.0 Å². The number of fused-ring (bicyclic) bond motifs is 1. The van der Waals surface area contributed by atoms with E-state index in [-0.39, 0.29) is 11.7 Å². The molecule has 1 aromatic heterocycles. The fourth-order valence-electron chi connectivity index (χ4n) is 3.59. The number of aliphatic hydroxyl groups excluding tert-OH is 1. The van der Waals surface area contributed by atoms with Gasteiger partial charge >= 0.3 is 0 Å². The molecule has 5 heteroatoms. The van der Waals surface area contributed by atoms with Crippen LogP contribution in [0.4, 0.5) is 0 Å². The number of rotatable bonds is 7. The lowest BCUT2D eigenvalue weighted by atomic mass is 10.0. The molecule has 3 rings (SSSR count). The van der Waals surface area contributed by atoms with Crippen LogP contribution in [0.5, 0.6) is 0 Å². The monoisotopic (exact) mass is 355 g/mol. The van der Waals surface area contributed by atoms with E-state index in [1.807, 2.05) is 12.1 Å². The lowest BCUT2D eigenvalue weighted by Gasteiger charge is -2.29. The number of nitrogens with one attached hydrogen (secondary N) is 1. The van der Waals surface area contributed by atoms with Crippen molar-refractivity contribution in [1.29, 1.82) is 0 Å². The van der Waals surface area contributed by atoms with Crippen LogP contribution in [0.2, 0.25) is 0 Å². The second kappa shape index (κ2) is 8.60. The van der Waals surface area contributed by atoms with Crippen LogP contribution < -0.4 is 5.56 Å². The van der Waals surface area contributed by atoms with Crippen molar-refractivity contribution in [1.82, 2.24) is 14.9 Å². The second-order valence-electron chi connectivity index (χ2n) is 7.32. The molecular formula is C21H29N3O2. The predicted molar refractivity (Wildman–Crippen MR) is 103 cm³/mol. The first kappa shape index (κ1) is 18.8. The molecule has 0 amide bonds. The van der Waals surface area contributed by atoms with Crippen LogP contribution in [0.15, 0.2) is 29.1 Å². The topological polar surface area (TPSA) is 69.2 Å². The Morgan fingerprint density at radius 2 is 2.15 bits per heavy atom. The number of aromatic nitrogens is 2. The third-order valence-electron chi connectivity index (χ3n) is 5.18. The highest BCUT2D eigenvalue weighted by Crippen LogP contribution is 2.17. The maximum Gasteiger partial charge on any atom is 0.255 e. The predicted octanol–water partition coefficient (Wildman–Crippen LogP) is 2.58. The van der Waals surface area contributed by atoms with Crippen molar-refractivity contribution in [3.05, 3.63) is 62.8 Å². The van der Waals surface area contributed by atoms with Crippen molar-refractivity contribution >= 4 is 0 Å². The highest BCUT2D eigenvalue weighted by Gasteiger charge is 2.22. The fraction of sp³-hybridized carbons (Fsp3) is 0.524. The maximum absolute atomic E-state index is 12.6. The average molecular weight is 355 g/mol. The summed E-state index contributed by atoms with van der Waals surface area (Å²) in [5, 5.41) is 10.1. The molecule has 5 nitrogen and oxygen atoms in total. The van der Waals surface area contributed by atoms with Crippen molar-refractivity contribution in [2.24, 2.45) is 0 Å². The van der Waals surface area contributed by atoms with Gasteiger partial charge in [0.1, 0.15) is 5.82 Å². The number of hydrogen-bond donors (Lipinski definition) is 2. The Morgan fingerprint density at radius 3 is 2.92 bits per heavy atom. The Morgan fingerprint density at radius 1 is 1.35 bits per heavy atom. The molecule has 0 saturated carbocycles. The van der Waals surface area contributed by atoms with Gasteiger partial charge in [-0.15, -0.1) is 0 Å². The molecule has 2 aromatic rings. The fourth-order valence-corrected chi connectivity index (χ4v) is 3.59. The van der Waals surface area contributed by atoms with Crippen LogP contribution in [0.25, 0.3) is 0 Å². The van der Waals surface area contributed by atoms with E-state index in [1.165, 1.54) is 11.1 Å². The summed E-state index contributed by atoms with van der Waals surface area (Å²) >= 11 is 0. The molecule has 1 atom stereocenters. The van der Waals surface area contributed by atoms with E-state index in [2.05, 4.69) is 35.9 Å². The number of benzene rings is 1. The van der Waals surface area contributed by atoms with Crippen molar-refractivity contribution in [2.75, 3.05) is 13.1 Å². The molecule has 0 bridgehead atoms. The third-order valence-corrected chi connectivity index (χ3v) is 5.18. The van der Waals surface area contributed by atoms with Crippen LogP contribution in [0.1, 0.15) is 54.4 Å². The second-order valence-corrected chi connectivity index (χ2v) is 7.32. The molecule has 26 heavy (non-hydrogen) atoms. The largest absolute Gasteiger partial charge is 0.392 e. The first-order valence-corrected chi connectivity index (χ1v) is 9.62. The number of aliphatic hydroxyl groups is 1. The smallest absolute Gasteiger partial charge is 0.255 e. The standard InChI is InChI=1S/C21H29N3O2/c1-3-4-9-17(25)13-24-11-10-19-18(14-24)21(26)23-20(22-19)12-16-8-6-5-7-15(16)2/h5-8,17,25H,3-4,9-14H2,1-2H3,(H,22,23,26). The molecule has 0 aliphatic carbocycles. The Kier molecular flexibility index (Phi) is 6.22. The minimum Gasteiger partial charge on any atom is -0.392 e. The quantitative estimate of drug-likeness (QED) is 0.801. The van der Waals surface area contributed by atoms with Gasteiger partial charge in [-0.25, -0.2) is 4.98 Å². The first-order valence-electron chi connectivity index (χ1n) is 9.62. The molecule has 0 saturated heterocycles. The number of H-pyrrole nitrogens is 1. The summed E-state index contributed by atoms with van der Waals surface area (Å²) in [5.74, 6) is 0.736. The molecule has 1 aromatic carbocycles. The number of aromatic amines is 1. The minimum absolute atomic E-state index is 0.0358. The summed E-state index contributed by atoms with van der Waals surface area (Å²) in [5.41, 5.74) is 4.03. The van der Waals surface area contributed by atoms with E-state index in [4.69, 9.17) is 4.98 Å². The number of unbranched alkanes of at least 4 members (excludes halogenated alkanes) is 1. The van der Waals surface area contributed by atoms with Crippen LogP contribution in [0.3, 0.4) is 0 Å². The van der Waals surface area contributed by atoms with Gasteiger partial charge in [0.25, 0.3) is 5.56 Å². The molecule has 140 valence electrons. The van der Waals surface area contributed by atoms with Gasteiger partial charge in [-0.05, 0) is 24.5 Å². The summed E-state index contributed by atoms with van der Waals surface area (Å²) in [4.78, 5) is 22.4. The molecule has 0 radical (unpaired) electrons. The zero-order valence-corrected chi connectivity index (χ0v) is 15.8.